The third-order valence-corrected chi connectivity index (χ3v) is 5.81. The Morgan fingerprint density at radius 1 is 1.06 bits per heavy atom. The first-order chi connectivity index (χ1) is 15.7. The number of benzene rings is 1. The van der Waals surface area contributed by atoms with E-state index in [1.807, 2.05) is 35.5 Å². The first-order valence-electron chi connectivity index (χ1n) is 10.5. The summed E-state index contributed by atoms with van der Waals surface area (Å²) in [4.78, 5) is 16.2. The molecule has 4 rings (SSSR count). The molecule has 3 aromatic rings. The fourth-order valence-corrected chi connectivity index (χ4v) is 3.79. The lowest BCUT2D eigenvalue weighted by atomic mass is 10.1. The van der Waals surface area contributed by atoms with Gasteiger partial charge in [0.1, 0.15) is 0 Å². The van der Waals surface area contributed by atoms with Crippen molar-refractivity contribution in [2.75, 3.05) is 42.5 Å². The fourth-order valence-electron chi connectivity index (χ4n) is 3.65. The van der Waals surface area contributed by atoms with Crippen LogP contribution in [0.3, 0.4) is 0 Å². The summed E-state index contributed by atoms with van der Waals surface area (Å²) < 4.78 is 0. The van der Waals surface area contributed by atoms with Crippen LogP contribution >= 0.6 is 12.2 Å². The van der Waals surface area contributed by atoms with Crippen molar-refractivity contribution in [2.45, 2.75) is 6.54 Å². The Balaban J connectivity index is 1.41. The third-order valence-electron chi connectivity index (χ3n) is 5.41. The highest BCUT2D eigenvalue weighted by atomic mass is 32.1. The van der Waals surface area contributed by atoms with Gasteiger partial charge in [-0.25, -0.2) is 9.97 Å². The number of hydrogen-bond donors (Lipinski definition) is 1. The minimum Gasteiger partial charge on any atom is -0.352 e. The van der Waals surface area contributed by atoms with Crippen LogP contribution in [0.2, 0.25) is 0 Å². The zero-order chi connectivity index (χ0) is 22.3. The second-order valence-corrected chi connectivity index (χ2v) is 7.91. The third kappa shape index (κ3) is 5.06. The summed E-state index contributed by atoms with van der Waals surface area (Å²) in [7, 11) is 0. The molecule has 1 aromatic carbocycles. The molecule has 1 aliphatic rings. The summed E-state index contributed by atoms with van der Waals surface area (Å²) in [6.07, 6.45) is 7.16. The SMILES string of the molecule is C=CN(Cc1cccc(-c2cnc(N3CCN(c4cccnn4)CC3)nc2)c1)C(=S)CN. The predicted octanol–water partition coefficient (Wildman–Crippen LogP) is 2.49. The van der Waals surface area contributed by atoms with E-state index >= 15 is 0 Å². The highest BCUT2D eigenvalue weighted by molar-refractivity contribution is 7.80. The van der Waals surface area contributed by atoms with E-state index in [0.717, 1.165) is 54.6 Å². The van der Waals surface area contributed by atoms with Gasteiger partial charge in [0.25, 0.3) is 0 Å². The number of thiocarbonyl (C=S) groups is 1. The van der Waals surface area contributed by atoms with E-state index in [4.69, 9.17) is 18.0 Å². The van der Waals surface area contributed by atoms with E-state index in [9.17, 15) is 0 Å². The van der Waals surface area contributed by atoms with E-state index in [0.29, 0.717) is 18.1 Å². The molecule has 164 valence electrons. The zero-order valence-corrected chi connectivity index (χ0v) is 18.7. The van der Waals surface area contributed by atoms with Crippen molar-refractivity contribution in [1.29, 1.82) is 0 Å². The van der Waals surface area contributed by atoms with Gasteiger partial charge in [0.05, 0.1) is 4.99 Å². The summed E-state index contributed by atoms with van der Waals surface area (Å²) in [6, 6.07) is 12.2. The van der Waals surface area contributed by atoms with E-state index in [-0.39, 0.29) is 0 Å². The second-order valence-electron chi connectivity index (χ2n) is 7.44. The lowest BCUT2D eigenvalue weighted by Crippen LogP contribution is -2.47. The molecule has 1 aliphatic heterocycles. The van der Waals surface area contributed by atoms with Gasteiger partial charge >= 0.3 is 0 Å². The van der Waals surface area contributed by atoms with Crippen LogP contribution in [0.5, 0.6) is 0 Å². The van der Waals surface area contributed by atoms with Crippen molar-refractivity contribution in [2.24, 2.45) is 5.73 Å². The molecule has 2 N–H and O–H groups in total. The van der Waals surface area contributed by atoms with Crippen molar-refractivity contribution < 1.29 is 0 Å². The number of nitrogens with two attached hydrogens (primary N) is 1. The van der Waals surface area contributed by atoms with Crippen molar-refractivity contribution in [3.8, 4) is 11.1 Å². The Kier molecular flexibility index (Phi) is 6.98. The lowest BCUT2D eigenvalue weighted by molar-refractivity contribution is 0.557. The molecule has 0 spiro atoms. The maximum atomic E-state index is 5.68. The number of anilines is 2. The topological polar surface area (TPSA) is 87.3 Å². The van der Waals surface area contributed by atoms with Crippen LogP contribution in [0, 0.1) is 0 Å². The minimum atomic E-state index is 0.323. The summed E-state index contributed by atoms with van der Waals surface area (Å²) >= 11 is 5.31. The summed E-state index contributed by atoms with van der Waals surface area (Å²) in [5.41, 5.74) is 8.82. The molecule has 0 unspecified atom stereocenters. The molecule has 0 atom stereocenters. The molecule has 0 aliphatic carbocycles. The average Bonchev–Trinajstić information content (AvgIpc) is 2.88. The van der Waals surface area contributed by atoms with Gasteiger partial charge in [-0.3, -0.25) is 0 Å². The second kappa shape index (κ2) is 10.3. The van der Waals surface area contributed by atoms with Crippen LogP contribution < -0.4 is 15.5 Å². The summed E-state index contributed by atoms with van der Waals surface area (Å²) in [5, 5.41) is 8.16. The van der Waals surface area contributed by atoms with Gasteiger partial charge in [-0.15, -0.1) is 5.10 Å². The highest BCUT2D eigenvalue weighted by Gasteiger charge is 2.20. The minimum absolute atomic E-state index is 0.323. The molecule has 0 saturated carbocycles. The van der Waals surface area contributed by atoms with E-state index in [2.05, 4.69) is 54.7 Å². The van der Waals surface area contributed by atoms with E-state index in [1.165, 1.54) is 0 Å². The zero-order valence-electron chi connectivity index (χ0n) is 17.8. The Morgan fingerprint density at radius 3 is 2.47 bits per heavy atom. The molecule has 3 heterocycles. The number of hydrogen-bond acceptors (Lipinski definition) is 8. The number of aromatic nitrogens is 4. The molecule has 0 amide bonds. The van der Waals surface area contributed by atoms with E-state index < -0.39 is 0 Å². The maximum Gasteiger partial charge on any atom is 0.225 e. The molecule has 9 heteroatoms. The first-order valence-corrected chi connectivity index (χ1v) is 10.9. The largest absolute Gasteiger partial charge is 0.352 e. The van der Waals surface area contributed by atoms with E-state index in [1.54, 1.807) is 12.4 Å². The number of piperazine rings is 1. The molecule has 8 nitrogen and oxygen atoms in total. The molecule has 0 radical (unpaired) electrons. The van der Waals surface area contributed by atoms with Crippen molar-refractivity contribution in [1.82, 2.24) is 25.1 Å². The number of rotatable bonds is 7. The van der Waals surface area contributed by atoms with Gasteiger partial charge in [-0.1, -0.05) is 37.0 Å². The Morgan fingerprint density at radius 2 is 1.81 bits per heavy atom. The predicted molar refractivity (Wildman–Crippen MR) is 131 cm³/mol. The van der Waals surface area contributed by atoms with Crippen molar-refractivity contribution in [3.05, 3.63) is 73.3 Å². The Bertz CT molecular complexity index is 1050. The van der Waals surface area contributed by atoms with Crippen LogP contribution in [-0.2, 0) is 6.54 Å². The van der Waals surface area contributed by atoms with Crippen molar-refractivity contribution in [3.63, 3.8) is 0 Å². The molecular formula is C23H26N8S. The van der Waals surface area contributed by atoms with Gasteiger partial charge in [0, 0.05) is 63.4 Å². The van der Waals surface area contributed by atoms with Gasteiger partial charge in [0.15, 0.2) is 5.82 Å². The monoisotopic (exact) mass is 446 g/mol. The van der Waals surface area contributed by atoms with Crippen LogP contribution in [0.1, 0.15) is 5.56 Å². The highest BCUT2D eigenvalue weighted by Crippen LogP contribution is 2.22. The number of nitrogens with zero attached hydrogens (tertiary/aromatic N) is 7. The van der Waals surface area contributed by atoms with Crippen molar-refractivity contribution >= 4 is 29.0 Å². The van der Waals surface area contributed by atoms with Crippen LogP contribution in [-0.4, -0.2) is 62.8 Å². The van der Waals surface area contributed by atoms with Crippen LogP contribution in [0.25, 0.3) is 11.1 Å². The molecule has 2 aromatic heterocycles. The fraction of sp³-hybridized carbons (Fsp3) is 0.261. The average molecular weight is 447 g/mol. The molecular weight excluding hydrogens is 420 g/mol. The summed E-state index contributed by atoms with van der Waals surface area (Å²) in [5.74, 6) is 1.65. The standard InChI is InChI=1S/C23H26N8S/c1-2-29(22(32)14-24)17-18-5-3-6-19(13-18)20-15-25-23(26-16-20)31-11-9-30(10-12-31)21-7-4-8-27-28-21/h2-8,13,15-16H,1,9-12,14,17,24H2. The lowest BCUT2D eigenvalue weighted by Gasteiger charge is -2.35. The Labute approximate surface area is 193 Å². The van der Waals surface area contributed by atoms with Gasteiger partial charge < -0.3 is 20.4 Å². The normalized spacial score (nSPS) is 13.7. The quantitative estimate of drug-likeness (QED) is 0.550. The van der Waals surface area contributed by atoms with Gasteiger partial charge in [0.2, 0.25) is 5.95 Å². The Hall–Kier alpha value is -3.43. The smallest absolute Gasteiger partial charge is 0.225 e. The van der Waals surface area contributed by atoms with Crippen LogP contribution in [0.15, 0.2) is 67.8 Å². The van der Waals surface area contributed by atoms with Gasteiger partial charge in [-0.2, -0.15) is 5.10 Å². The molecule has 1 saturated heterocycles. The summed E-state index contributed by atoms with van der Waals surface area (Å²) in [6.45, 7) is 8.17. The van der Waals surface area contributed by atoms with Gasteiger partial charge in [-0.05, 0) is 35.5 Å². The first kappa shape index (κ1) is 21.8. The molecule has 1 fully saturated rings. The van der Waals surface area contributed by atoms with Crippen LogP contribution in [0.4, 0.5) is 11.8 Å². The maximum absolute atomic E-state index is 5.68. The molecule has 32 heavy (non-hydrogen) atoms. The molecule has 0 bridgehead atoms.